The molecule has 0 radical (unpaired) electrons. The van der Waals surface area contributed by atoms with E-state index in [9.17, 15) is 9.90 Å². The molecule has 1 aromatic carbocycles. The molecule has 86 valence electrons. The Morgan fingerprint density at radius 3 is 2.62 bits per heavy atom. The molecule has 2 N–H and O–H groups in total. The quantitative estimate of drug-likeness (QED) is 0.797. The second-order valence-corrected chi connectivity index (χ2v) is 4.87. The van der Waals surface area contributed by atoms with Crippen LogP contribution < -0.4 is 0 Å². The smallest absolute Gasteiger partial charge is 0.340 e. The third kappa shape index (κ3) is 1.71. The van der Waals surface area contributed by atoms with E-state index in [4.69, 9.17) is 5.11 Å². The summed E-state index contributed by atoms with van der Waals surface area (Å²) in [5, 5.41) is 18.8. The molecule has 3 nitrogen and oxygen atoms in total. The van der Waals surface area contributed by atoms with Crippen molar-refractivity contribution in [3.05, 3.63) is 34.9 Å². The Bertz CT molecular complexity index is 435. The Morgan fingerprint density at radius 1 is 1.38 bits per heavy atom. The van der Waals surface area contributed by atoms with Crippen molar-refractivity contribution in [1.82, 2.24) is 0 Å². The summed E-state index contributed by atoms with van der Waals surface area (Å²) in [6.45, 7) is 3.49. The molecule has 0 fully saturated rings. The Balaban J connectivity index is 2.40. The molecule has 1 aliphatic carbocycles. The minimum atomic E-state index is -1.79. The molecule has 0 heterocycles. The fourth-order valence-electron chi connectivity index (χ4n) is 2.26. The zero-order valence-electron chi connectivity index (χ0n) is 9.53. The summed E-state index contributed by atoms with van der Waals surface area (Å²) < 4.78 is 0. The van der Waals surface area contributed by atoms with E-state index in [0.29, 0.717) is 11.5 Å². The van der Waals surface area contributed by atoms with E-state index in [1.54, 1.807) is 6.07 Å². The number of hydrogen-bond donors (Lipinski definition) is 2. The van der Waals surface area contributed by atoms with Gasteiger partial charge in [-0.15, -0.1) is 0 Å². The molecular formula is C13H16O3. The van der Waals surface area contributed by atoms with Crippen LogP contribution in [-0.2, 0) is 23.2 Å². The molecule has 0 bridgehead atoms. The molecule has 1 aliphatic rings. The maximum absolute atomic E-state index is 10.9. The first-order valence-corrected chi connectivity index (χ1v) is 5.49. The van der Waals surface area contributed by atoms with Crippen LogP contribution in [0.3, 0.4) is 0 Å². The van der Waals surface area contributed by atoms with Crippen LogP contribution in [0, 0.1) is 5.92 Å². The van der Waals surface area contributed by atoms with Gasteiger partial charge in [0, 0.05) is 0 Å². The fraction of sp³-hybridized carbons (Fsp3) is 0.462. The van der Waals surface area contributed by atoms with Crippen LogP contribution in [0.15, 0.2) is 18.2 Å². The van der Waals surface area contributed by atoms with Gasteiger partial charge in [-0.1, -0.05) is 25.1 Å². The van der Waals surface area contributed by atoms with Gasteiger partial charge in [-0.05, 0) is 42.4 Å². The molecule has 1 aromatic rings. The van der Waals surface area contributed by atoms with Crippen molar-refractivity contribution < 1.29 is 15.0 Å². The summed E-state index contributed by atoms with van der Waals surface area (Å²) >= 11 is 0. The minimum absolute atomic E-state index is 0.466. The maximum atomic E-state index is 10.9. The summed E-state index contributed by atoms with van der Waals surface area (Å²) in [7, 11) is 0. The second kappa shape index (κ2) is 3.59. The lowest BCUT2D eigenvalue weighted by atomic mass is 9.93. The van der Waals surface area contributed by atoms with Crippen LogP contribution in [-0.4, -0.2) is 16.2 Å². The molecule has 3 heteroatoms. The first-order valence-electron chi connectivity index (χ1n) is 5.49. The van der Waals surface area contributed by atoms with Gasteiger partial charge in [0.15, 0.2) is 5.60 Å². The van der Waals surface area contributed by atoms with E-state index in [2.05, 4.69) is 6.92 Å². The third-order valence-electron chi connectivity index (χ3n) is 3.32. The molecule has 0 saturated carbocycles. The van der Waals surface area contributed by atoms with Gasteiger partial charge >= 0.3 is 5.97 Å². The number of hydrogen-bond acceptors (Lipinski definition) is 2. The van der Waals surface area contributed by atoms with E-state index < -0.39 is 11.6 Å². The van der Waals surface area contributed by atoms with Crippen LogP contribution >= 0.6 is 0 Å². The molecule has 0 spiro atoms. The highest BCUT2D eigenvalue weighted by Gasteiger charge is 2.33. The Hall–Kier alpha value is -1.35. The van der Waals surface area contributed by atoms with Gasteiger partial charge < -0.3 is 10.2 Å². The number of rotatable bonds is 2. The molecule has 0 aromatic heterocycles. The van der Waals surface area contributed by atoms with Crippen LogP contribution in [0.2, 0.25) is 0 Å². The van der Waals surface area contributed by atoms with E-state index in [-0.39, 0.29) is 0 Å². The van der Waals surface area contributed by atoms with Crippen molar-refractivity contribution in [2.45, 2.75) is 32.3 Å². The van der Waals surface area contributed by atoms with Gasteiger partial charge in [0.05, 0.1) is 0 Å². The Morgan fingerprint density at radius 2 is 2.00 bits per heavy atom. The van der Waals surface area contributed by atoms with Crippen molar-refractivity contribution in [3.63, 3.8) is 0 Å². The molecule has 2 atom stereocenters. The molecule has 16 heavy (non-hydrogen) atoms. The molecule has 0 amide bonds. The van der Waals surface area contributed by atoms with Crippen LogP contribution in [0.5, 0.6) is 0 Å². The predicted octanol–water partition coefficient (Wildman–Crippen LogP) is 1.71. The van der Waals surface area contributed by atoms with Gasteiger partial charge in [0.2, 0.25) is 0 Å². The molecule has 0 saturated heterocycles. The van der Waals surface area contributed by atoms with E-state index in [1.807, 2.05) is 12.1 Å². The Labute approximate surface area is 94.7 Å². The van der Waals surface area contributed by atoms with Gasteiger partial charge in [-0.3, -0.25) is 0 Å². The zero-order valence-corrected chi connectivity index (χ0v) is 9.53. The van der Waals surface area contributed by atoms with Crippen molar-refractivity contribution in [2.24, 2.45) is 5.92 Å². The lowest BCUT2D eigenvalue weighted by Crippen LogP contribution is -2.31. The fourth-order valence-corrected chi connectivity index (χ4v) is 2.26. The first kappa shape index (κ1) is 11.1. The maximum Gasteiger partial charge on any atom is 0.340 e. The van der Waals surface area contributed by atoms with Crippen LogP contribution in [0.1, 0.15) is 30.5 Å². The normalized spacial score (nSPS) is 22.6. The zero-order chi connectivity index (χ0) is 11.9. The van der Waals surface area contributed by atoms with Gasteiger partial charge in [0.1, 0.15) is 0 Å². The molecular weight excluding hydrogens is 204 g/mol. The highest BCUT2D eigenvalue weighted by Crippen LogP contribution is 2.30. The average Bonchev–Trinajstić information content (AvgIpc) is 2.56. The minimum Gasteiger partial charge on any atom is -0.479 e. The summed E-state index contributed by atoms with van der Waals surface area (Å²) in [4.78, 5) is 10.9. The van der Waals surface area contributed by atoms with Gasteiger partial charge in [-0.2, -0.15) is 0 Å². The van der Waals surface area contributed by atoms with Gasteiger partial charge in [0.25, 0.3) is 0 Å². The summed E-state index contributed by atoms with van der Waals surface area (Å²) in [5.41, 5.74) is 1.12. The largest absolute Gasteiger partial charge is 0.479 e. The summed E-state index contributed by atoms with van der Waals surface area (Å²) in [6, 6.07) is 5.48. The molecule has 0 aliphatic heterocycles. The lowest BCUT2D eigenvalue weighted by molar-refractivity contribution is -0.157. The topological polar surface area (TPSA) is 57.5 Å². The van der Waals surface area contributed by atoms with E-state index >= 15 is 0 Å². The highest BCUT2D eigenvalue weighted by molar-refractivity contribution is 5.78. The number of carboxylic acid groups (broad SMARTS) is 1. The predicted molar refractivity (Wildman–Crippen MR) is 60.2 cm³/mol. The summed E-state index contributed by atoms with van der Waals surface area (Å²) in [5.74, 6) is -0.599. The van der Waals surface area contributed by atoms with Crippen LogP contribution in [0.25, 0.3) is 0 Å². The van der Waals surface area contributed by atoms with Crippen LogP contribution in [0.4, 0.5) is 0 Å². The number of aliphatic hydroxyl groups is 1. The number of carbonyl (C=O) groups is 1. The van der Waals surface area contributed by atoms with Crippen molar-refractivity contribution in [3.8, 4) is 0 Å². The number of carboxylic acids is 1. The third-order valence-corrected chi connectivity index (χ3v) is 3.32. The van der Waals surface area contributed by atoms with E-state index in [1.165, 1.54) is 18.1 Å². The standard InChI is InChI=1S/C13H16O3/c1-8-5-9-3-4-11(7-10(9)6-8)13(2,16)12(14)15/h3-4,7-8,16H,5-6H2,1-2H3,(H,14,15)/t8-,13+/m1/s1. The van der Waals surface area contributed by atoms with Crippen molar-refractivity contribution in [1.29, 1.82) is 0 Å². The molecule has 2 rings (SSSR count). The number of benzene rings is 1. The first-order chi connectivity index (χ1) is 7.41. The highest BCUT2D eigenvalue weighted by atomic mass is 16.4. The SMILES string of the molecule is C[C@@H]1Cc2ccc([C@](C)(O)C(=O)O)cc2C1. The number of aliphatic carboxylic acids is 1. The Kier molecular flexibility index (Phi) is 2.50. The van der Waals surface area contributed by atoms with Crippen molar-refractivity contribution >= 4 is 5.97 Å². The average molecular weight is 220 g/mol. The van der Waals surface area contributed by atoms with Gasteiger partial charge in [-0.25, -0.2) is 4.79 Å². The second-order valence-electron chi connectivity index (χ2n) is 4.87. The van der Waals surface area contributed by atoms with Crippen molar-refractivity contribution in [2.75, 3.05) is 0 Å². The number of fused-ring (bicyclic) bond motifs is 1. The lowest BCUT2D eigenvalue weighted by Gasteiger charge is -2.19. The molecule has 0 unspecified atom stereocenters. The van der Waals surface area contributed by atoms with E-state index in [0.717, 1.165) is 12.8 Å². The summed E-state index contributed by atoms with van der Waals surface area (Å²) in [6.07, 6.45) is 2.02. The monoisotopic (exact) mass is 220 g/mol.